The molecule has 1 fully saturated rings. The van der Waals surface area contributed by atoms with E-state index >= 15 is 0 Å². The summed E-state index contributed by atoms with van der Waals surface area (Å²) in [6.45, 7) is 7.11. The molecular formula is C24H26BClN3O2. The van der Waals surface area contributed by atoms with Crippen LogP contribution in [-0.4, -0.2) is 52.8 Å². The number of benzene rings is 1. The molecule has 0 aliphatic carbocycles. The summed E-state index contributed by atoms with van der Waals surface area (Å²) in [6.07, 6.45) is 1.79. The number of hydrogen-bond acceptors (Lipinski definition) is 3. The predicted octanol–water partition coefficient (Wildman–Crippen LogP) is 5.09. The Labute approximate surface area is 189 Å². The van der Waals surface area contributed by atoms with Crippen LogP contribution in [0.5, 0.6) is 0 Å². The molecule has 7 heteroatoms. The summed E-state index contributed by atoms with van der Waals surface area (Å²) in [7, 11) is 5.71. The van der Waals surface area contributed by atoms with Gasteiger partial charge in [0, 0.05) is 6.54 Å². The van der Waals surface area contributed by atoms with Crippen LogP contribution in [0, 0.1) is 0 Å². The minimum atomic E-state index is -0.481. The number of hydrogen-bond donors (Lipinski definition) is 0. The van der Waals surface area contributed by atoms with E-state index in [4.69, 9.17) is 28.9 Å². The fourth-order valence-corrected chi connectivity index (χ4v) is 4.26. The Hall–Kier alpha value is -2.60. The number of halogens is 1. The zero-order chi connectivity index (χ0) is 22.2. The predicted molar refractivity (Wildman–Crippen MR) is 126 cm³/mol. The van der Waals surface area contributed by atoms with Crippen molar-refractivity contribution in [1.82, 2.24) is 14.5 Å². The summed E-state index contributed by atoms with van der Waals surface area (Å²) in [5, 5.41) is 5.32. The van der Waals surface area contributed by atoms with Crippen molar-refractivity contribution in [3.05, 3.63) is 58.7 Å². The van der Waals surface area contributed by atoms with Crippen LogP contribution in [0.4, 0.5) is 4.79 Å². The van der Waals surface area contributed by atoms with Crippen LogP contribution in [0.2, 0.25) is 5.02 Å². The van der Waals surface area contributed by atoms with Gasteiger partial charge in [-0.1, -0.05) is 0 Å². The van der Waals surface area contributed by atoms with Crippen molar-refractivity contribution in [2.45, 2.75) is 45.1 Å². The van der Waals surface area contributed by atoms with Gasteiger partial charge in [-0.05, 0) is 20.8 Å². The van der Waals surface area contributed by atoms with E-state index in [1.165, 1.54) is 11.5 Å². The van der Waals surface area contributed by atoms with Crippen LogP contribution < -0.4 is 0 Å². The molecule has 1 unspecified atom stereocenters. The second kappa shape index (κ2) is 8.50. The van der Waals surface area contributed by atoms with Gasteiger partial charge >= 0.3 is 146 Å². The molecule has 1 aliphatic heterocycles. The van der Waals surface area contributed by atoms with Gasteiger partial charge in [-0.25, -0.2) is 4.79 Å². The first-order valence-electron chi connectivity index (χ1n) is 10.6. The molecule has 1 aliphatic rings. The first-order valence-corrected chi connectivity index (χ1v) is 10.9. The van der Waals surface area contributed by atoms with Crippen LogP contribution in [0.25, 0.3) is 16.8 Å². The summed E-state index contributed by atoms with van der Waals surface area (Å²) in [5.74, 6) is 1.80. The Balaban J connectivity index is 1.52. The first-order chi connectivity index (χ1) is 14.7. The van der Waals surface area contributed by atoms with E-state index in [9.17, 15) is 4.79 Å². The van der Waals surface area contributed by atoms with Crippen molar-refractivity contribution in [1.29, 1.82) is 0 Å². The number of amides is 1. The van der Waals surface area contributed by atoms with Gasteiger partial charge in [0.25, 0.3) is 0 Å². The molecule has 31 heavy (non-hydrogen) atoms. The molecule has 1 saturated heterocycles. The number of fused-ring (bicyclic) bond motifs is 1. The molecule has 159 valence electrons. The zero-order valence-corrected chi connectivity index (χ0v) is 18.9. The number of rotatable bonds is 3. The maximum atomic E-state index is 12.5. The van der Waals surface area contributed by atoms with E-state index in [1.54, 1.807) is 10.6 Å². The average Bonchev–Trinajstić information content (AvgIpc) is 3.08. The Morgan fingerprint density at radius 1 is 1.23 bits per heavy atom. The third kappa shape index (κ3) is 4.69. The van der Waals surface area contributed by atoms with Crippen molar-refractivity contribution in [2.75, 3.05) is 13.1 Å². The van der Waals surface area contributed by atoms with Crippen LogP contribution in [0.1, 0.15) is 50.8 Å². The molecule has 1 aromatic carbocycles. The topological polar surface area (TPSA) is 46.8 Å². The van der Waals surface area contributed by atoms with E-state index in [-0.39, 0.29) is 6.09 Å². The molecule has 0 spiro atoms. The van der Waals surface area contributed by atoms with E-state index < -0.39 is 5.60 Å². The number of ether oxygens (including phenoxy) is 1. The Bertz CT molecular complexity index is 1120. The van der Waals surface area contributed by atoms with Crippen molar-refractivity contribution in [3.63, 3.8) is 0 Å². The second-order valence-corrected chi connectivity index (χ2v) is 9.39. The molecule has 0 bridgehead atoms. The molecule has 3 aromatic rings. The normalized spacial score (nSPS) is 17.0. The van der Waals surface area contributed by atoms with Gasteiger partial charge in [0.05, 0.1) is 0 Å². The van der Waals surface area contributed by atoms with Crippen molar-refractivity contribution in [2.24, 2.45) is 0 Å². The Morgan fingerprint density at radius 3 is 2.65 bits per heavy atom. The minimum absolute atomic E-state index is 0.232. The van der Waals surface area contributed by atoms with Crippen LogP contribution in [0.15, 0.2) is 42.5 Å². The van der Waals surface area contributed by atoms with Crippen molar-refractivity contribution in [3.8, 4) is 11.3 Å². The molecule has 0 N–H and O–H groups in total. The van der Waals surface area contributed by atoms with Crippen molar-refractivity contribution < 1.29 is 9.53 Å². The molecule has 1 atom stereocenters. The third-order valence-corrected chi connectivity index (χ3v) is 5.82. The van der Waals surface area contributed by atoms with Gasteiger partial charge in [0.1, 0.15) is 5.60 Å². The van der Waals surface area contributed by atoms with E-state index in [0.717, 1.165) is 41.9 Å². The molecule has 5 nitrogen and oxygen atoms in total. The van der Waals surface area contributed by atoms with Gasteiger partial charge in [-0.15, -0.1) is 0 Å². The van der Waals surface area contributed by atoms with Gasteiger partial charge in [0.15, 0.2) is 0 Å². The zero-order valence-electron chi connectivity index (χ0n) is 18.1. The first kappa shape index (κ1) is 21.6. The Morgan fingerprint density at radius 2 is 1.97 bits per heavy atom. The number of carbonyl (C=O) groups excluding carboxylic acids is 1. The van der Waals surface area contributed by atoms with E-state index in [0.29, 0.717) is 17.5 Å². The number of likely N-dealkylation sites (tertiary alicyclic amines) is 1. The quantitative estimate of drug-likeness (QED) is 0.540. The SMILES string of the molecule is [B]=Cc1cc(Cl)c2ccc(-c3ccc(C4CCCN(C(=O)OC(C)(C)C)C4)cc3)nn12. The molecule has 1 amide bonds. The third-order valence-electron chi connectivity index (χ3n) is 5.52. The summed E-state index contributed by atoms with van der Waals surface area (Å²) < 4.78 is 7.30. The van der Waals surface area contributed by atoms with Gasteiger partial charge in [-0.3, -0.25) is 0 Å². The molecule has 2 aromatic heterocycles. The molecule has 1 radical (unpaired) electrons. The summed E-state index contributed by atoms with van der Waals surface area (Å²) in [6, 6.07) is 14.1. The molecular weight excluding hydrogens is 409 g/mol. The number of piperidine rings is 1. The fraction of sp³-hybridized carbons (Fsp3) is 0.375. The summed E-state index contributed by atoms with van der Waals surface area (Å²) in [5.41, 5.74) is 4.17. The van der Waals surface area contributed by atoms with E-state index in [2.05, 4.69) is 24.3 Å². The fourth-order valence-electron chi connectivity index (χ4n) is 4.01. The molecule has 0 saturated carbocycles. The molecule has 4 rings (SSSR count). The number of nitrogens with zero attached hydrogens (tertiary/aromatic N) is 3. The second-order valence-electron chi connectivity index (χ2n) is 8.99. The van der Waals surface area contributed by atoms with Crippen molar-refractivity contribution >= 4 is 36.7 Å². The van der Waals surface area contributed by atoms with Gasteiger partial charge in [-0.2, -0.15) is 0 Å². The maximum absolute atomic E-state index is 12.5. The van der Waals surface area contributed by atoms with Gasteiger partial charge in [0.2, 0.25) is 0 Å². The van der Waals surface area contributed by atoms with Crippen LogP contribution in [0.3, 0.4) is 0 Å². The van der Waals surface area contributed by atoms with Crippen LogP contribution in [-0.2, 0) is 4.74 Å². The summed E-state index contributed by atoms with van der Waals surface area (Å²) >= 11 is 6.26. The number of aromatic nitrogens is 2. The van der Waals surface area contributed by atoms with Crippen LogP contribution >= 0.6 is 11.6 Å². The monoisotopic (exact) mass is 434 g/mol. The van der Waals surface area contributed by atoms with E-state index in [1.807, 2.05) is 37.8 Å². The molecule has 3 heterocycles. The number of carbonyl (C=O) groups is 1. The van der Waals surface area contributed by atoms with Gasteiger partial charge < -0.3 is 4.74 Å². The average molecular weight is 435 g/mol. The Kier molecular flexibility index (Phi) is 5.93. The standard InChI is InChI=1S/C24H26BClN3O2/c1-24(2,3)31-23(30)28-12-4-5-18(15-28)16-6-8-17(9-7-16)21-10-11-22-20(26)13-19(14-25)29(22)27-21/h6-11,13-14,18H,4-5,12,15H2,1-3H3. The summed E-state index contributed by atoms with van der Waals surface area (Å²) in [4.78, 5) is 14.3.